The van der Waals surface area contributed by atoms with Gasteiger partial charge in [-0.1, -0.05) is 146 Å². The minimum Gasteiger partial charge on any atom is -0.484 e. The number of benzene rings is 8. The van der Waals surface area contributed by atoms with Crippen LogP contribution in [-0.2, 0) is 0 Å². The first-order valence-electron chi connectivity index (χ1n) is 19.0. The molecule has 10 aromatic rings. The van der Waals surface area contributed by atoms with Gasteiger partial charge in [-0.2, -0.15) is 0 Å². The van der Waals surface area contributed by atoms with Gasteiger partial charge in [-0.05, 0) is 62.8 Å². The monoisotopic (exact) mass is 717 g/mol. The lowest BCUT2D eigenvalue weighted by Crippen LogP contribution is -2.25. The summed E-state index contributed by atoms with van der Waals surface area (Å²) in [6.07, 6.45) is 4.07. The van der Waals surface area contributed by atoms with Gasteiger partial charge in [-0.15, -0.1) is 0 Å². The van der Waals surface area contributed by atoms with E-state index in [1.807, 2.05) is 24.3 Å². The Kier molecular flexibility index (Phi) is 6.69. The van der Waals surface area contributed by atoms with Crippen molar-refractivity contribution < 1.29 is 9.15 Å². The fourth-order valence-electron chi connectivity index (χ4n) is 8.81. The Hall–Kier alpha value is -7.37. The highest BCUT2D eigenvalue weighted by molar-refractivity contribution is 6.15. The molecule has 2 aromatic heterocycles. The van der Waals surface area contributed by atoms with E-state index in [-0.39, 0.29) is 12.0 Å². The molecule has 12 rings (SSSR count). The summed E-state index contributed by atoms with van der Waals surface area (Å²) in [5, 5.41) is 9.24. The number of hydrogen-bond donors (Lipinski definition) is 0. The fourth-order valence-corrected chi connectivity index (χ4v) is 8.81. The molecule has 8 aromatic carbocycles. The lowest BCUT2D eigenvalue weighted by atomic mass is 9.78. The standard InChI is InChI=1S/C51H31N3O2/c1-2-12-33(13-3-1)49-52-50(35-21-20-32-19-18-30-10-4-6-14-36(30)43(32)28-35)54-51(53-49)42-27-26-38(48-46(42)41-16-8-9-17-44(41)55-48)34-23-24-39-40-25-22-31-11-5-7-15-37(31)47(40)56-45(39)29-34/h1-29,46,48H. The van der Waals surface area contributed by atoms with E-state index in [1.54, 1.807) is 0 Å². The predicted molar refractivity (Wildman–Crippen MR) is 226 cm³/mol. The molecule has 2 unspecified atom stereocenters. The van der Waals surface area contributed by atoms with Gasteiger partial charge in [-0.3, -0.25) is 0 Å². The van der Waals surface area contributed by atoms with Crippen molar-refractivity contribution in [2.24, 2.45) is 0 Å². The van der Waals surface area contributed by atoms with E-state index in [1.165, 1.54) is 21.5 Å². The SMILES string of the molecule is C1=C(c2ccc3c(c2)oc2c4ccccc4ccc32)C2Oc3ccccc3C2C(c2nc(-c3ccccc3)nc(-c3ccc4ccc5ccccc5c4c3)n2)=C1. The first-order chi connectivity index (χ1) is 27.7. The van der Waals surface area contributed by atoms with Crippen LogP contribution >= 0.6 is 0 Å². The van der Waals surface area contributed by atoms with Crippen molar-refractivity contribution in [3.63, 3.8) is 0 Å². The van der Waals surface area contributed by atoms with Gasteiger partial charge in [0.05, 0.1) is 5.92 Å². The maximum atomic E-state index is 6.87. The average molecular weight is 718 g/mol. The van der Waals surface area contributed by atoms with E-state index in [0.29, 0.717) is 17.5 Å². The summed E-state index contributed by atoms with van der Waals surface area (Å²) in [7, 11) is 0. The number of allylic oxidation sites excluding steroid dienone is 2. The molecule has 2 atom stereocenters. The Morgan fingerprint density at radius 1 is 0.411 bits per heavy atom. The largest absolute Gasteiger partial charge is 0.484 e. The molecule has 56 heavy (non-hydrogen) atoms. The Balaban J connectivity index is 1.04. The summed E-state index contributed by atoms with van der Waals surface area (Å²) < 4.78 is 13.5. The van der Waals surface area contributed by atoms with Crippen LogP contribution in [0.3, 0.4) is 0 Å². The van der Waals surface area contributed by atoms with Crippen molar-refractivity contribution in [2.45, 2.75) is 12.0 Å². The van der Waals surface area contributed by atoms with Crippen LogP contribution in [-0.4, -0.2) is 21.1 Å². The van der Waals surface area contributed by atoms with Crippen molar-refractivity contribution >= 4 is 65.4 Å². The zero-order valence-corrected chi connectivity index (χ0v) is 30.1. The first kappa shape index (κ1) is 31.0. The highest BCUT2D eigenvalue weighted by Crippen LogP contribution is 2.52. The number of para-hydroxylation sites is 1. The molecule has 0 amide bonds. The molecule has 0 saturated heterocycles. The Labute approximate surface area is 321 Å². The quantitative estimate of drug-likeness (QED) is 0.170. The molecule has 0 fully saturated rings. The number of furan rings is 1. The second kappa shape index (κ2) is 12.1. The minimum atomic E-state index is -0.289. The number of hydrogen-bond acceptors (Lipinski definition) is 5. The van der Waals surface area contributed by atoms with Gasteiger partial charge in [-0.25, -0.2) is 15.0 Å². The highest BCUT2D eigenvalue weighted by atomic mass is 16.5. The molecule has 262 valence electrons. The summed E-state index contributed by atoms with van der Waals surface area (Å²) >= 11 is 0. The lowest BCUT2D eigenvalue weighted by Gasteiger charge is -2.27. The summed E-state index contributed by atoms with van der Waals surface area (Å²) in [4.78, 5) is 15.6. The normalized spacial score (nSPS) is 16.2. The van der Waals surface area contributed by atoms with Crippen LogP contribution in [0.2, 0.25) is 0 Å². The molecule has 0 N–H and O–H groups in total. The van der Waals surface area contributed by atoms with E-state index < -0.39 is 0 Å². The Bertz CT molecular complexity index is 3310. The van der Waals surface area contributed by atoms with Gasteiger partial charge in [0.15, 0.2) is 17.5 Å². The predicted octanol–water partition coefficient (Wildman–Crippen LogP) is 12.6. The molecule has 3 heterocycles. The van der Waals surface area contributed by atoms with Crippen LogP contribution in [0.4, 0.5) is 0 Å². The number of nitrogens with zero attached hydrogens (tertiary/aromatic N) is 3. The van der Waals surface area contributed by atoms with E-state index >= 15 is 0 Å². The maximum absolute atomic E-state index is 6.87. The molecule has 5 heteroatoms. The minimum absolute atomic E-state index is 0.138. The molecule has 0 spiro atoms. The van der Waals surface area contributed by atoms with Crippen LogP contribution in [0.15, 0.2) is 180 Å². The highest BCUT2D eigenvalue weighted by Gasteiger charge is 2.42. The van der Waals surface area contributed by atoms with Gasteiger partial charge in [0.1, 0.15) is 23.0 Å². The lowest BCUT2D eigenvalue weighted by molar-refractivity contribution is 0.281. The fraction of sp³-hybridized carbons (Fsp3) is 0.0392. The van der Waals surface area contributed by atoms with Crippen molar-refractivity contribution in [2.75, 3.05) is 0 Å². The summed E-state index contributed by atoms with van der Waals surface area (Å²) in [6, 6.07) is 57.1. The van der Waals surface area contributed by atoms with Crippen LogP contribution in [0, 0.1) is 0 Å². The van der Waals surface area contributed by atoms with Crippen molar-refractivity contribution in [1.82, 2.24) is 15.0 Å². The van der Waals surface area contributed by atoms with Crippen molar-refractivity contribution in [3.05, 3.63) is 193 Å². The second-order valence-corrected chi connectivity index (χ2v) is 14.7. The van der Waals surface area contributed by atoms with Gasteiger partial charge in [0.2, 0.25) is 0 Å². The van der Waals surface area contributed by atoms with Crippen molar-refractivity contribution in [3.8, 4) is 28.5 Å². The first-order valence-corrected chi connectivity index (χ1v) is 19.0. The van der Waals surface area contributed by atoms with Gasteiger partial charge in [0, 0.05) is 44.0 Å². The number of rotatable bonds is 4. The van der Waals surface area contributed by atoms with E-state index in [0.717, 1.165) is 71.9 Å². The molecule has 1 aliphatic heterocycles. The maximum Gasteiger partial charge on any atom is 0.164 e. The smallest absolute Gasteiger partial charge is 0.164 e. The third-order valence-corrected chi connectivity index (χ3v) is 11.5. The average Bonchev–Trinajstić information content (AvgIpc) is 3.85. The summed E-state index contributed by atoms with van der Waals surface area (Å²) in [5.41, 5.74) is 7.89. The molecule has 1 aliphatic carbocycles. The Morgan fingerprint density at radius 2 is 1.04 bits per heavy atom. The Morgan fingerprint density at radius 3 is 1.91 bits per heavy atom. The van der Waals surface area contributed by atoms with Crippen LogP contribution in [0.5, 0.6) is 5.75 Å². The number of aromatic nitrogens is 3. The topological polar surface area (TPSA) is 61.0 Å². The van der Waals surface area contributed by atoms with Crippen LogP contribution in [0.1, 0.15) is 22.9 Å². The second-order valence-electron chi connectivity index (χ2n) is 14.7. The van der Waals surface area contributed by atoms with E-state index in [9.17, 15) is 0 Å². The number of ether oxygens (including phenoxy) is 1. The van der Waals surface area contributed by atoms with Gasteiger partial charge < -0.3 is 9.15 Å². The molecule has 2 aliphatic rings. The molecular formula is C51H31N3O2. The van der Waals surface area contributed by atoms with Crippen molar-refractivity contribution in [1.29, 1.82) is 0 Å². The van der Waals surface area contributed by atoms with Gasteiger partial charge >= 0.3 is 0 Å². The molecular weight excluding hydrogens is 687 g/mol. The zero-order valence-electron chi connectivity index (χ0n) is 30.1. The molecule has 0 saturated carbocycles. The van der Waals surface area contributed by atoms with Crippen LogP contribution < -0.4 is 4.74 Å². The third-order valence-electron chi connectivity index (χ3n) is 11.5. The summed E-state index contributed by atoms with van der Waals surface area (Å²) in [5.74, 6) is 2.63. The third kappa shape index (κ3) is 4.77. The zero-order chi connectivity index (χ0) is 36.7. The van der Waals surface area contributed by atoms with E-state index in [2.05, 4.69) is 152 Å². The molecule has 0 bridgehead atoms. The molecule has 0 radical (unpaired) electrons. The van der Waals surface area contributed by atoms with Crippen LogP contribution in [0.25, 0.3) is 88.2 Å². The van der Waals surface area contributed by atoms with E-state index in [4.69, 9.17) is 24.1 Å². The van der Waals surface area contributed by atoms with Gasteiger partial charge in [0.25, 0.3) is 0 Å². The number of fused-ring (bicyclic) bond motifs is 11. The summed E-state index contributed by atoms with van der Waals surface area (Å²) in [6.45, 7) is 0. The molecule has 5 nitrogen and oxygen atoms in total.